The van der Waals surface area contributed by atoms with Gasteiger partial charge in [-0.2, -0.15) is 0 Å². The van der Waals surface area contributed by atoms with Gasteiger partial charge in [0.2, 0.25) is 0 Å². The number of amides is 2. The fourth-order valence-electron chi connectivity index (χ4n) is 7.50. The fraction of sp³-hybridized carbons (Fsp3) is 0.366. The number of piperidine rings is 3. The first kappa shape index (κ1) is 39.7. The van der Waals surface area contributed by atoms with E-state index in [1.807, 2.05) is 0 Å². The Hall–Kier alpha value is -4.56. The van der Waals surface area contributed by atoms with Gasteiger partial charge in [0, 0.05) is 29.8 Å². The Morgan fingerprint density at radius 1 is 0.964 bits per heavy atom. The molecule has 0 radical (unpaired) electrons. The van der Waals surface area contributed by atoms with Crippen molar-refractivity contribution in [2.45, 2.75) is 44.1 Å². The van der Waals surface area contributed by atoms with Gasteiger partial charge in [0.25, 0.3) is 5.91 Å². The molecule has 294 valence electrons. The number of methoxy groups -OCH3 is 2. The van der Waals surface area contributed by atoms with Crippen LogP contribution in [0.15, 0.2) is 79.1 Å². The summed E-state index contributed by atoms with van der Waals surface area (Å²) in [7, 11) is 3.04. The van der Waals surface area contributed by atoms with E-state index in [0.29, 0.717) is 56.1 Å². The van der Waals surface area contributed by atoms with Crippen molar-refractivity contribution in [3.63, 3.8) is 0 Å². The number of thioether (sulfide) groups is 1. The Kier molecular flexibility index (Phi) is 12.5. The number of hydrogen-bond donors (Lipinski definition) is 0. The van der Waals surface area contributed by atoms with Gasteiger partial charge in [0.05, 0.1) is 32.3 Å². The van der Waals surface area contributed by atoms with Crippen molar-refractivity contribution in [2.75, 3.05) is 50.4 Å². The Bertz CT molecular complexity index is 2070. The van der Waals surface area contributed by atoms with Crippen LogP contribution in [-0.4, -0.2) is 85.4 Å². The summed E-state index contributed by atoms with van der Waals surface area (Å²) in [6.45, 7) is 2.58. The lowest BCUT2D eigenvalue weighted by atomic mass is 9.86. The maximum Gasteiger partial charge on any atom is 0.415 e. The number of esters is 1. The van der Waals surface area contributed by atoms with Crippen LogP contribution in [-0.2, 0) is 27.2 Å². The van der Waals surface area contributed by atoms with E-state index in [-0.39, 0.29) is 36.6 Å². The minimum Gasteiger partial charge on any atom is -0.493 e. The van der Waals surface area contributed by atoms with E-state index in [1.54, 1.807) is 67.0 Å². The summed E-state index contributed by atoms with van der Waals surface area (Å²) in [5.41, 5.74) is 2.14. The normalized spacial score (nSPS) is 20.6. The molecule has 0 spiro atoms. The largest absolute Gasteiger partial charge is 0.493 e. The van der Waals surface area contributed by atoms with Crippen LogP contribution >= 0.6 is 35.0 Å². The number of ether oxygens (including phenoxy) is 4. The second kappa shape index (κ2) is 17.7. The standard InChI is InChI=1S/C41H41Cl2FN4O7S/c1-52-35-11-10-27(17-37(35)53-2)36(18-29-30(42)19-45-20-31(29)43)54-40(50)34-23-56-24-48(34)39(49)28-7-5-6-25(16-28)21-47(33-9-4-3-8-32(33)44)41(51)55-38-22-46-14-12-26(38)13-15-46/h3-11,16-17,19-20,26,34,36,38H,12-15,18,21-24H2,1-2H3/p+1/t34-,36-,38-/m0/s1. The molecule has 1 N–H and O–H groups in total. The molecule has 0 saturated carbocycles. The molecule has 4 aliphatic heterocycles. The molecule has 0 unspecified atom stereocenters. The highest BCUT2D eigenvalue weighted by atomic mass is 35.5. The molecule has 4 saturated heterocycles. The van der Waals surface area contributed by atoms with Crippen LogP contribution in [0.1, 0.15) is 46.0 Å². The van der Waals surface area contributed by atoms with Gasteiger partial charge in [0.15, 0.2) is 23.9 Å². The monoisotopic (exact) mass is 823 g/mol. The number of aromatic nitrogens is 1. The van der Waals surface area contributed by atoms with Crippen molar-refractivity contribution < 1.29 is 42.7 Å². The molecule has 15 heteroatoms. The second-order valence-electron chi connectivity index (χ2n) is 14.0. The molecule has 4 aromatic rings. The number of H-pyrrole nitrogens is 1. The number of para-hydroxylation sites is 1. The average Bonchev–Trinajstić information content (AvgIpc) is 3.72. The number of benzene rings is 3. The summed E-state index contributed by atoms with van der Waals surface area (Å²) in [6.07, 6.45) is 3.46. The van der Waals surface area contributed by atoms with E-state index < -0.39 is 35.9 Å². The lowest BCUT2D eigenvalue weighted by Crippen LogP contribution is -2.53. The minimum absolute atomic E-state index is 0.0441. The zero-order valence-electron chi connectivity index (χ0n) is 30.9. The predicted molar refractivity (Wildman–Crippen MR) is 211 cm³/mol. The first-order chi connectivity index (χ1) is 27.1. The molecule has 2 bridgehead atoms. The third-order valence-corrected chi connectivity index (χ3v) is 12.3. The van der Waals surface area contributed by atoms with Crippen molar-refractivity contribution in [2.24, 2.45) is 5.92 Å². The number of carbonyl (C=O) groups excluding carboxylic acids is 3. The van der Waals surface area contributed by atoms with Gasteiger partial charge in [0.1, 0.15) is 34.1 Å². The number of rotatable bonds is 12. The first-order valence-corrected chi connectivity index (χ1v) is 20.2. The number of hydrogen-bond acceptors (Lipinski definition) is 9. The summed E-state index contributed by atoms with van der Waals surface area (Å²) in [5.74, 6) is 0.226. The number of anilines is 1. The molecule has 1 aromatic heterocycles. The van der Waals surface area contributed by atoms with E-state index in [4.69, 9.17) is 42.1 Å². The van der Waals surface area contributed by atoms with Crippen LogP contribution < -0.4 is 19.4 Å². The van der Waals surface area contributed by atoms with Gasteiger partial charge in [-0.3, -0.25) is 14.6 Å². The van der Waals surface area contributed by atoms with Gasteiger partial charge in [-0.1, -0.05) is 53.5 Å². The summed E-state index contributed by atoms with van der Waals surface area (Å²) in [5, 5.41) is 0.737. The molecular weight excluding hydrogens is 782 g/mol. The number of nitrogens with zero attached hydrogens (tertiary/aromatic N) is 3. The van der Waals surface area contributed by atoms with Crippen LogP contribution in [0, 0.1) is 11.7 Å². The number of pyridine rings is 1. The third-order valence-electron chi connectivity index (χ3n) is 10.6. The van der Waals surface area contributed by atoms with E-state index in [2.05, 4.69) is 9.88 Å². The van der Waals surface area contributed by atoms with Gasteiger partial charge in [-0.25, -0.2) is 19.0 Å². The van der Waals surface area contributed by atoms with Gasteiger partial charge >= 0.3 is 12.1 Å². The SMILES string of the molecule is COc1ccc([C@H](Cc2c(Cl)c[nH+]cc2Cl)OC(=O)[C@@H]2CSCN2C(=O)c2cccc(CN(C(=O)O[C@H]3CN4CCC3CC4)c3ccccc3F)c2)cc1OC. The minimum atomic E-state index is -0.902. The Morgan fingerprint density at radius 3 is 2.41 bits per heavy atom. The van der Waals surface area contributed by atoms with Crippen molar-refractivity contribution in [3.05, 3.63) is 117 Å². The summed E-state index contributed by atoms with van der Waals surface area (Å²) in [4.78, 5) is 49.9. The molecule has 5 heterocycles. The predicted octanol–water partition coefficient (Wildman–Crippen LogP) is 7.24. The van der Waals surface area contributed by atoms with E-state index in [1.165, 1.54) is 47.9 Å². The molecule has 3 aromatic carbocycles. The van der Waals surface area contributed by atoms with Crippen LogP contribution in [0.3, 0.4) is 0 Å². The highest BCUT2D eigenvalue weighted by Gasteiger charge is 2.39. The topological polar surface area (TPSA) is 112 Å². The fourth-order valence-corrected chi connectivity index (χ4v) is 9.17. The van der Waals surface area contributed by atoms with Gasteiger partial charge < -0.3 is 23.8 Å². The number of fused-ring (bicyclic) bond motifs is 3. The van der Waals surface area contributed by atoms with Crippen LogP contribution in [0.4, 0.5) is 14.9 Å². The van der Waals surface area contributed by atoms with Crippen molar-refractivity contribution in [3.8, 4) is 11.5 Å². The van der Waals surface area contributed by atoms with Crippen LogP contribution in [0.2, 0.25) is 10.0 Å². The maximum atomic E-state index is 15.2. The Balaban J connectivity index is 1.10. The lowest BCUT2D eigenvalue weighted by Gasteiger charge is -2.44. The molecule has 8 rings (SSSR count). The highest BCUT2D eigenvalue weighted by Crippen LogP contribution is 2.37. The highest BCUT2D eigenvalue weighted by molar-refractivity contribution is 7.99. The Labute approximate surface area is 338 Å². The number of halogens is 3. The summed E-state index contributed by atoms with van der Waals surface area (Å²) in [6, 6.07) is 17.1. The van der Waals surface area contributed by atoms with Crippen molar-refractivity contribution >= 4 is 58.6 Å². The molecule has 4 aliphatic rings. The first-order valence-electron chi connectivity index (χ1n) is 18.3. The average molecular weight is 825 g/mol. The summed E-state index contributed by atoms with van der Waals surface area (Å²) < 4.78 is 38.4. The van der Waals surface area contributed by atoms with E-state index >= 15 is 4.39 Å². The lowest BCUT2D eigenvalue weighted by molar-refractivity contribution is -0.377. The quantitative estimate of drug-likeness (QED) is 0.137. The van der Waals surface area contributed by atoms with Crippen LogP contribution in [0.5, 0.6) is 11.5 Å². The maximum absolute atomic E-state index is 15.2. The number of carbonyl (C=O) groups is 3. The van der Waals surface area contributed by atoms with Gasteiger partial charge in [-0.15, -0.1) is 11.8 Å². The molecule has 11 nitrogen and oxygen atoms in total. The zero-order chi connectivity index (χ0) is 39.3. The van der Waals surface area contributed by atoms with Crippen LogP contribution in [0.25, 0.3) is 0 Å². The Morgan fingerprint density at radius 2 is 1.71 bits per heavy atom. The second-order valence-corrected chi connectivity index (χ2v) is 15.8. The molecule has 0 aliphatic carbocycles. The molecule has 4 fully saturated rings. The van der Waals surface area contributed by atoms with Gasteiger partial charge in [-0.05, 0) is 79.4 Å². The van der Waals surface area contributed by atoms with E-state index in [0.717, 1.165) is 25.9 Å². The molecular formula is C41H42Cl2FN4O7S+. The van der Waals surface area contributed by atoms with Crippen molar-refractivity contribution in [1.82, 2.24) is 9.80 Å². The number of aromatic amines is 1. The van der Waals surface area contributed by atoms with Crippen molar-refractivity contribution in [1.29, 1.82) is 0 Å². The molecule has 56 heavy (non-hydrogen) atoms. The molecule has 2 amide bonds. The summed E-state index contributed by atoms with van der Waals surface area (Å²) >= 11 is 14.5. The smallest absolute Gasteiger partial charge is 0.415 e. The zero-order valence-corrected chi connectivity index (χ0v) is 33.2. The molecule has 3 atom stereocenters. The number of nitrogens with one attached hydrogen (secondary N) is 1. The third kappa shape index (κ3) is 8.71. The van der Waals surface area contributed by atoms with E-state index in [9.17, 15) is 14.4 Å².